The maximum absolute atomic E-state index is 12.4. The number of halogens is 1. The van der Waals surface area contributed by atoms with Gasteiger partial charge in [0.25, 0.3) is 0 Å². The summed E-state index contributed by atoms with van der Waals surface area (Å²) < 4.78 is 5.21. The van der Waals surface area contributed by atoms with Crippen LogP contribution in [0.25, 0.3) is 0 Å². The smallest absolute Gasteiger partial charge is 0.228 e. The Bertz CT molecular complexity index is 805. The van der Waals surface area contributed by atoms with E-state index in [0.29, 0.717) is 22.9 Å². The van der Waals surface area contributed by atoms with Crippen molar-refractivity contribution in [3.8, 4) is 5.75 Å². The Kier molecular flexibility index (Phi) is 4.95. The van der Waals surface area contributed by atoms with E-state index < -0.39 is 0 Å². The van der Waals surface area contributed by atoms with Crippen LogP contribution in [0, 0.1) is 18.8 Å². The van der Waals surface area contributed by atoms with Crippen LogP contribution in [0.1, 0.15) is 12.0 Å². The van der Waals surface area contributed by atoms with E-state index in [0.717, 1.165) is 11.3 Å². The van der Waals surface area contributed by atoms with Crippen LogP contribution in [0.3, 0.4) is 0 Å². The molecule has 0 bridgehead atoms. The molecule has 1 fully saturated rings. The Morgan fingerprint density at radius 2 is 1.68 bits per heavy atom. The first-order valence-electron chi connectivity index (χ1n) is 8.00. The van der Waals surface area contributed by atoms with Crippen molar-refractivity contribution in [2.24, 2.45) is 11.8 Å². The number of ether oxygens (including phenoxy) is 1. The van der Waals surface area contributed by atoms with Crippen molar-refractivity contribution in [2.45, 2.75) is 13.3 Å². The van der Waals surface area contributed by atoms with Gasteiger partial charge in [0.15, 0.2) is 0 Å². The highest BCUT2D eigenvalue weighted by Crippen LogP contribution is 2.41. The number of hydrogen-bond acceptors (Lipinski definition) is 3. The molecule has 2 aromatic carbocycles. The van der Waals surface area contributed by atoms with E-state index in [2.05, 4.69) is 10.6 Å². The molecule has 1 aliphatic rings. The van der Waals surface area contributed by atoms with Gasteiger partial charge in [-0.15, -0.1) is 0 Å². The van der Waals surface area contributed by atoms with Crippen molar-refractivity contribution in [1.29, 1.82) is 0 Å². The molecule has 0 aromatic heterocycles. The molecule has 2 atom stereocenters. The molecule has 2 unspecified atom stereocenters. The van der Waals surface area contributed by atoms with Crippen LogP contribution in [0.4, 0.5) is 11.4 Å². The first-order chi connectivity index (χ1) is 12.0. The quantitative estimate of drug-likeness (QED) is 0.852. The Labute approximate surface area is 151 Å². The van der Waals surface area contributed by atoms with Gasteiger partial charge >= 0.3 is 0 Å². The topological polar surface area (TPSA) is 67.4 Å². The second-order valence-electron chi connectivity index (χ2n) is 6.14. The molecule has 3 rings (SSSR count). The predicted molar refractivity (Wildman–Crippen MR) is 98.0 cm³/mol. The lowest BCUT2D eigenvalue weighted by Crippen LogP contribution is -2.20. The van der Waals surface area contributed by atoms with Crippen LogP contribution in [0.15, 0.2) is 42.5 Å². The number of benzene rings is 2. The van der Waals surface area contributed by atoms with Gasteiger partial charge in [0, 0.05) is 10.7 Å². The number of methoxy groups -OCH3 is 1. The first kappa shape index (κ1) is 17.3. The summed E-state index contributed by atoms with van der Waals surface area (Å²) in [7, 11) is 1.52. The summed E-state index contributed by atoms with van der Waals surface area (Å²) in [5.74, 6) is -0.466. The number of anilines is 2. The van der Waals surface area contributed by atoms with E-state index in [-0.39, 0.29) is 23.7 Å². The van der Waals surface area contributed by atoms with E-state index in [9.17, 15) is 9.59 Å². The van der Waals surface area contributed by atoms with Crippen molar-refractivity contribution in [1.82, 2.24) is 0 Å². The van der Waals surface area contributed by atoms with Crippen LogP contribution in [-0.2, 0) is 9.59 Å². The first-order valence-corrected chi connectivity index (χ1v) is 8.37. The third kappa shape index (κ3) is 4.12. The maximum Gasteiger partial charge on any atom is 0.228 e. The summed E-state index contributed by atoms with van der Waals surface area (Å²) in [6.45, 7) is 1.98. The minimum Gasteiger partial charge on any atom is -0.495 e. The van der Waals surface area contributed by atoms with Crippen LogP contribution in [0.5, 0.6) is 5.75 Å². The van der Waals surface area contributed by atoms with E-state index in [1.165, 1.54) is 7.11 Å². The molecule has 0 saturated heterocycles. The summed E-state index contributed by atoms with van der Waals surface area (Å²) in [4.78, 5) is 24.6. The summed E-state index contributed by atoms with van der Waals surface area (Å²) in [5, 5.41) is 6.14. The van der Waals surface area contributed by atoms with Gasteiger partial charge in [-0.1, -0.05) is 29.3 Å². The highest BCUT2D eigenvalue weighted by Gasteiger charge is 2.48. The number of hydrogen-bond donors (Lipinski definition) is 2. The van der Waals surface area contributed by atoms with Gasteiger partial charge in [-0.2, -0.15) is 0 Å². The standard InChI is InChI=1S/C19H19ClN2O3/c1-11-3-6-13(7-4-11)21-18(23)14-10-15(14)19(24)22-16-9-12(20)5-8-17(16)25-2/h3-9,14-15H,10H2,1-2H3,(H,21,23)(H,22,24). The molecule has 0 aliphatic heterocycles. The normalized spacial score (nSPS) is 18.4. The predicted octanol–water partition coefficient (Wildman–Crippen LogP) is 3.87. The lowest BCUT2D eigenvalue weighted by Gasteiger charge is -2.10. The average molecular weight is 359 g/mol. The van der Waals surface area contributed by atoms with E-state index in [4.69, 9.17) is 16.3 Å². The summed E-state index contributed by atoms with van der Waals surface area (Å²) in [6.07, 6.45) is 0.534. The van der Waals surface area contributed by atoms with Gasteiger partial charge in [0.05, 0.1) is 24.6 Å². The van der Waals surface area contributed by atoms with E-state index >= 15 is 0 Å². The zero-order valence-corrected chi connectivity index (χ0v) is 14.8. The van der Waals surface area contributed by atoms with Crippen molar-refractivity contribution >= 4 is 34.8 Å². The molecule has 1 aliphatic carbocycles. The molecule has 1 saturated carbocycles. The van der Waals surface area contributed by atoms with Gasteiger partial charge < -0.3 is 15.4 Å². The van der Waals surface area contributed by atoms with Crippen molar-refractivity contribution in [3.63, 3.8) is 0 Å². The SMILES string of the molecule is COc1ccc(Cl)cc1NC(=O)C1CC1C(=O)Nc1ccc(C)cc1. The summed E-state index contributed by atoms with van der Waals surface area (Å²) >= 11 is 5.96. The molecule has 130 valence electrons. The van der Waals surface area contributed by atoms with Crippen LogP contribution in [-0.4, -0.2) is 18.9 Å². The van der Waals surface area contributed by atoms with Gasteiger partial charge in [-0.05, 0) is 43.7 Å². The molecular weight excluding hydrogens is 340 g/mol. The van der Waals surface area contributed by atoms with Crippen molar-refractivity contribution in [3.05, 3.63) is 53.1 Å². The molecule has 0 heterocycles. The molecule has 6 heteroatoms. The number of amides is 2. The largest absolute Gasteiger partial charge is 0.495 e. The Morgan fingerprint density at radius 1 is 1.04 bits per heavy atom. The third-order valence-corrected chi connectivity index (χ3v) is 4.44. The second-order valence-corrected chi connectivity index (χ2v) is 6.57. The van der Waals surface area contributed by atoms with Crippen LogP contribution in [0.2, 0.25) is 5.02 Å². The van der Waals surface area contributed by atoms with Crippen LogP contribution < -0.4 is 15.4 Å². The number of nitrogens with one attached hydrogen (secondary N) is 2. The fraction of sp³-hybridized carbons (Fsp3) is 0.263. The highest BCUT2D eigenvalue weighted by atomic mass is 35.5. The van der Waals surface area contributed by atoms with E-state index in [1.54, 1.807) is 18.2 Å². The lowest BCUT2D eigenvalue weighted by atomic mass is 10.2. The lowest BCUT2D eigenvalue weighted by molar-refractivity contribution is -0.122. The van der Waals surface area contributed by atoms with E-state index in [1.807, 2.05) is 31.2 Å². The minimum atomic E-state index is -0.339. The highest BCUT2D eigenvalue weighted by molar-refractivity contribution is 6.31. The monoisotopic (exact) mass is 358 g/mol. The zero-order valence-electron chi connectivity index (χ0n) is 14.0. The zero-order chi connectivity index (χ0) is 18.0. The minimum absolute atomic E-state index is 0.137. The summed E-state index contributed by atoms with van der Waals surface area (Å²) in [6, 6.07) is 12.6. The number of carbonyl (C=O) groups is 2. The second kappa shape index (κ2) is 7.15. The van der Waals surface area contributed by atoms with Gasteiger partial charge in [-0.3, -0.25) is 9.59 Å². The van der Waals surface area contributed by atoms with Crippen LogP contribution >= 0.6 is 11.6 Å². The molecule has 2 amide bonds. The third-order valence-electron chi connectivity index (χ3n) is 4.20. The molecule has 0 radical (unpaired) electrons. The van der Waals surface area contributed by atoms with Crippen molar-refractivity contribution in [2.75, 3.05) is 17.7 Å². The Hall–Kier alpha value is -2.53. The molecule has 5 nitrogen and oxygen atoms in total. The average Bonchev–Trinajstić information content (AvgIpc) is 3.38. The van der Waals surface area contributed by atoms with Crippen molar-refractivity contribution < 1.29 is 14.3 Å². The van der Waals surface area contributed by atoms with Gasteiger partial charge in [-0.25, -0.2) is 0 Å². The Morgan fingerprint density at radius 3 is 2.32 bits per heavy atom. The fourth-order valence-electron chi connectivity index (χ4n) is 2.65. The molecule has 2 N–H and O–H groups in total. The van der Waals surface area contributed by atoms with Gasteiger partial charge in [0.1, 0.15) is 5.75 Å². The number of carbonyl (C=O) groups excluding carboxylic acids is 2. The number of aryl methyl sites for hydroxylation is 1. The molecule has 2 aromatic rings. The van der Waals surface area contributed by atoms with Gasteiger partial charge in [0.2, 0.25) is 11.8 Å². The summed E-state index contributed by atoms with van der Waals surface area (Å²) in [5.41, 5.74) is 2.36. The molecule has 25 heavy (non-hydrogen) atoms. The molecular formula is C19H19ClN2O3. The fourth-order valence-corrected chi connectivity index (χ4v) is 2.82. The Balaban J connectivity index is 1.59. The maximum atomic E-state index is 12.4. The number of rotatable bonds is 5. The molecule has 0 spiro atoms.